The summed E-state index contributed by atoms with van der Waals surface area (Å²) in [5, 5.41) is 12.1. The molecule has 0 saturated carbocycles. The maximum absolute atomic E-state index is 12.1. The van der Waals surface area contributed by atoms with Gasteiger partial charge in [0.15, 0.2) is 0 Å². The Morgan fingerprint density at radius 2 is 2.10 bits per heavy atom. The molecule has 0 atom stereocenters. The number of aliphatic hydroxyl groups excluding tert-OH is 1. The molecular formula is C14H19ClN2O3. The van der Waals surface area contributed by atoms with E-state index in [1.807, 2.05) is 12.1 Å². The maximum atomic E-state index is 12.1. The number of likely N-dealkylation sites (tertiary alicyclic amines) is 1. The summed E-state index contributed by atoms with van der Waals surface area (Å²) in [6.07, 6.45) is 1.71. The van der Waals surface area contributed by atoms with Crippen molar-refractivity contribution in [2.75, 3.05) is 31.6 Å². The molecule has 1 aliphatic heterocycles. The number of hydrogen-bond donors (Lipinski definition) is 2. The number of carbonyl (C=O) groups excluding carboxylic acids is 1. The highest BCUT2D eigenvalue weighted by Crippen LogP contribution is 2.21. The van der Waals surface area contributed by atoms with Gasteiger partial charge in [0.2, 0.25) is 0 Å². The molecule has 110 valence electrons. The van der Waals surface area contributed by atoms with Crippen LogP contribution in [0.15, 0.2) is 24.3 Å². The lowest BCUT2D eigenvalue weighted by atomic mass is 10.1. The standard InChI is InChI=1S/C14H19ClN2O3/c15-12-3-1-2-4-13(12)16-14(19)17-7-5-11(6-8-17)20-10-9-18/h1-4,11,18H,5-10H2,(H,16,19). The number of benzene rings is 1. The van der Waals surface area contributed by atoms with Crippen LogP contribution in [0, 0.1) is 0 Å². The fourth-order valence-corrected chi connectivity index (χ4v) is 2.38. The number of hydrogen-bond acceptors (Lipinski definition) is 3. The van der Waals surface area contributed by atoms with Crippen molar-refractivity contribution in [1.29, 1.82) is 0 Å². The van der Waals surface area contributed by atoms with E-state index in [1.165, 1.54) is 0 Å². The quantitative estimate of drug-likeness (QED) is 0.897. The third-order valence-corrected chi connectivity index (χ3v) is 3.62. The van der Waals surface area contributed by atoms with Crippen LogP contribution in [0.2, 0.25) is 5.02 Å². The molecule has 0 aromatic heterocycles. The van der Waals surface area contributed by atoms with Crippen LogP contribution in [0.3, 0.4) is 0 Å². The van der Waals surface area contributed by atoms with Gasteiger partial charge in [0, 0.05) is 13.1 Å². The molecule has 1 heterocycles. The van der Waals surface area contributed by atoms with E-state index in [0.29, 0.717) is 30.4 Å². The van der Waals surface area contributed by atoms with Gasteiger partial charge in [0.25, 0.3) is 0 Å². The van der Waals surface area contributed by atoms with E-state index >= 15 is 0 Å². The number of urea groups is 1. The Morgan fingerprint density at radius 1 is 1.40 bits per heavy atom. The highest BCUT2D eigenvalue weighted by molar-refractivity contribution is 6.33. The van der Waals surface area contributed by atoms with Crippen molar-refractivity contribution in [3.63, 3.8) is 0 Å². The van der Waals surface area contributed by atoms with Crippen molar-refractivity contribution in [3.05, 3.63) is 29.3 Å². The van der Waals surface area contributed by atoms with Gasteiger partial charge in [-0.1, -0.05) is 23.7 Å². The third-order valence-electron chi connectivity index (χ3n) is 3.29. The summed E-state index contributed by atoms with van der Waals surface area (Å²) in [5.41, 5.74) is 0.623. The highest BCUT2D eigenvalue weighted by Gasteiger charge is 2.23. The zero-order chi connectivity index (χ0) is 14.4. The summed E-state index contributed by atoms with van der Waals surface area (Å²) in [6, 6.07) is 7.03. The van der Waals surface area contributed by atoms with Gasteiger partial charge in [-0.25, -0.2) is 4.79 Å². The molecule has 20 heavy (non-hydrogen) atoms. The van der Waals surface area contributed by atoms with E-state index in [2.05, 4.69) is 5.32 Å². The lowest BCUT2D eigenvalue weighted by Gasteiger charge is -2.31. The molecule has 1 saturated heterocycles. The smallest absolute Gasteiger partial charge is 0.321 e. The van der Waals surface area contributed by atoms with Crippen LogP contribution in [0.1, 0.15) is 12.8 Å². The van der Waals surface area contributed by atoms with E-state index in [4.69, 9.17) is 21.4 Å². The Labute approximate surface area is 123 Å². The second-order valence-corrected chi connectivity index (χ2v) is 5.10. The first kappa shape index (κ1) is 15.1. The Morgan fingerprint density at radius 3 is 2.75 bits per heavy atom. The third kappa shape index (κ3) is 4.10. The lowest BCUT2D eigenvalue weighted by molar-refractivity contribution is -0.000875. The SMILES string of the molecule is O=C(Nc1ccccc1Cl)N1CCC(OCCO)CC1. The Kier molecular flexibility index (Phi) is 5.64. The van der Waals surface area contributed by atoms with Crippen LogP contribution in [-0.4, -0.2) is 48.4 Å². The van der Waals surface area contributed by atoms with Gasteiger partial charge in [-0.05, 0) is 25.0 Å². The van der Waals surface area contributed by atoms with Crippen LogP contribution in [0.25, 0.3) is 0 Å². The van der Waals surface area contributed by atoms with Crippen molar-refractivity contribution in [2.45, 2.75) is 18.9 Å². The largest absolute Gasteiger partial charge is 0.394 e. The number of rotatable bonds is 4. The number of nitrogens with one attached hydrogen (secondary N) is 1. The summed E-state index contributed by atoms with van der Waals surface area (Å²) in [6.45, 7) is 1.68. The molecule has 0 unspecified atom stereocenters. The van der Waals surface area contributed by atoms with E-state index in [9.17, 15) is 4.79 Å². The van der Waals surface area contributed by atoms with Gasteiger partial charge in [-0.3, -0.25) is 0 Å². The number of halogens is 1. The summed E-state index contributed by atoms with van der Waals surface area (Å²) in [7, 11) is 0. The van der Waals surface area contributed by atoms with Crippen molar-refractivity contribution in [3.8, 4) is 0 Å². The second-order valence-electron chi connectivity index (χ2n) is 4.69. The highest BCUT2D eigenvalue weighted by atomic mass is 35.5. The number of nitrogens with zero attached hydrogens (tertiary/aromatic N) is 1. The van der Waals surface area contributed by atoms with Crippen molar-refractivity contribution < 1.29 is 14.6 Å². The number of ether oxygens (including phenoxy) is 1. The summed E-state index contributed by atoms with van der Waals surface area (Å²) in [4.78, 5) is 13.9. The van der Waals surface area contributed by atoms with Gasteiger partial charge in [0.1, 0.15) is 0 Å². The first-order chi connectivity index (χ1) is 9.70. The van der Waals surface area contributed by atoms with E-state index < -0.39 is 0 Å². The number of para-hydroxylation sites is 1. The monoisotopic (exact) mass is 298 g/mol. The molecule has 1 aromatic carbocycles. The van der Waals surface area contributed by atoms with Crippen LogP contribution < -0.4 is 5.32 Å². The van der Waals surface area contributed by atoms with Crippen molar-refractivity contribution in [1.82, 2.24) is 4.90 Å². The van der Waals surface area contributed by atoms with Crippen molar-refractivity contribution in [2.24, 2.45) is 0 Å². The van der Waals surface area contributed by atoms with Crippen LogP contribution in [-0.2, 0) is 4.74 Å². The number of anilines is 1. The molecular weight excluding hydrogens is 280 g/mol. The normalized spacial score (nSPS) is 16.2. The predicted molar refractivity (Wildman–Crippen MR) is 78.1 cm³/mol. The number of amides is 2. The summed E-state index contributed by atoms with van der Waals surface area (Å²) >= 11 is 6.01. The molecule has 1 fully saturated rings. The van der Waals surface area contributed by atoms with E-state index in [-0.39, 0.29) is 18.7 Å². The molecule has 0 radical (unpaired) electrons. The minimum absolute atomic E-state index is 0.0349. The van der Waals surface area contributed by atoms with Gasteiger partial charge in [-0.15, -0.1) is 0 Å². The molecule has 5 nitrogen and oxygen atoms in total. The molecule has 0 bridgehead atoms. The topological polar surface area (TPSA) is 61.8 Å². The average molecular weight is 299 g/mol. The first-order valence-electron chi connectivity index (χ1n) is 6.73. The lowest BCUT2D eigenvalue weighted by Crippen LogP contribution is -2.43. The van der Waals surface area contributed by atoms with Crippen LogP contribution in [0.4, 0.5) is 10.5 Å². The molecule has 2 N–H and O–H groups in total. The zero-order valence-corrected chi connectivity index (χ0v) is 12.0. The fraction of sp³-hybridized carbons (Fsp3) is 0.500. The molecule has 2 rings (SSSR count). The number of piperidine rings is 1. The average Bonchev–Trinajstić information content (AvgIpc) is 2.48. The maximum Gasteiger partial charge on any atom is 0.321 e. The van der Waals surface area contributed by atoms with Crippen molar-refractivity contribution >= 4 is 23.3 Å². The van der Waals surface area contributed by atoms with E-state index in [1.54, 1.807) is 17.0 Å². The predicted octanol–water partition coefficient (Wildman–Crippen LogP) is 2.35. The van der Waals surface area contributed by atoms with Crippen LogP contribution in [0.5, 0.6) is 0 Å². The molecule has 1 aromatic rings. The van der Waals surface area contributed by atoms with Gasteiger partial charge >= 0.3 is 6.03 Å². The van der Waals surface area contributed by atoms with Crippen LogP contribution >= 0.6 is 11.6 Å². The number of aliphatic hydroxyl groups is 1. The first-order valence-corrected chi connectivity index (χ1v) is 7.11. The molecule has 0 spiro atoms. The molecule has 0 aliphatic carbocycles. The number of carbonyl (C=O) groups is 1. The Hall–Kier alpha value is -1.30. The fourth-order valence-electron chi connectivity index (χ4n) is 2.20. The molecule has 1 aliphatic rings. The zero-order valence-electron chi connectivity index (χ0n) is 11.2. The van der Waals surface area contributed by atoms with Gasteiger partial charge in [-0.2, -0.15) is 0 Å². The summed E-state index contributed by atoms with van der Waals surface area (Å²) < 4.78 is 5.47. The van der Waals surface area contributed by atoms with Gasteiger partial charge in [0.05, 0.1) is 30.0 Å². The molecule has 6 heteroatoms. The summed E-state index contributed by atoms with van der Waals surface area (Å²) in [5.74, 6) is 0. The Bertz CT molecular complexity index is 448. The second kappa shape index (κ2) is 7.47. The molecule has 2 amide bonds. The Balaban J connectivity index is 1.82. The van der Waals surface area contributed by atoms with E-state index in [0.717, 1.165) is 12.8 Å². The minimum Gasteiger partial charge on any atom is -0.394 e. The van der Waals surface area contributed by atoms with Gasteiger partial charge < -0.3 is 20.1 Å². The minimum atomic E-state index is -0.140.